The zero-order valence-electron chi connectivity index (χ0n) is 14.5. The Morgan fingerprint density at radius 2 is 1.93 bits per heavy atom. The summed E-state index contributed by atoms with van der Waals surface area (Å²) in [4.78, 5) is 18.5. The van der Waals surface area contributed by atoms with Crippen molar-refractivity contribution in [3.63, 3.8) is 0 Å². The monoisotopic (exact) mass is 416 g/mol. The molecule has 1 aromatic carbocycles. The number of nitrogens with one attached hydrogen (secondary N) is 1. The Bertz CT molecular complexity index is 873. The van der Waals surface area contributed by atoms with Crippen molar-refractivity contribution in [1.29, 1.82) is 0 Å². The van der Waals surface area contributed by atoms with Gasteiger partial charge in [0.1, 0.15) is 12.4 Å². The van der Waals surface area contributed by atoms with E-state index in [-0.39, 0.29) is 28.5 Å². The lowest BCUT2D eigenvalue weighted by Crippen LogP contribution is -2.21. The summed E-state index contributed by atoms with van der Waals surface area (Å²) in [5.41, 5.74) is -1.67. The first-order valence-corrected chi connectivity index (χ1v) is 8.93. The molecule has 0 aliphatic heterocycles. The maximum absolute atomic E-state index is 12.9. The van der Waals surface area contributed by atoms with Crippen molar-refractivity contribution < 1.29 is 22.8 Å². The number of aromatic nitrogens is 2. The van der Waals surface area contributed by atoms with E-state index in [0.29, 0.717) is 0 Å². The first kappa shape index (κ1) is 20.1. The molecule has 0 amide bonds. The van der Waals surface area contributed by atoms with Crippen LogP contribution in [-0.2, 0) is 6.18 Å². The molecule has 1 aromatic heterocycles. The van der Waals surface area contributed by atoms with Gasteiger partial charge in [-0.15, -0.1) is 0 Å². The predicted octanol–water partition coefficient (Wildman–Crippen LogP) is 5.51. The van der Waals surface area contributed by atoms with E-state index in [9.17, 15) is 23.3 Å². The lowest BCUT2D eigenvalue weighted by Gasteiger charge is -2.22. The van der Waals surface area contributed by atoms with Crippen LogP contribution in [0.1, 0.15) is 37.7 Å². The fourth-order valence-electron chi connectivity index (χ4n) is 2.97. The number of hydrogen-bond donors (Lipinski definition) is 1. The summed E-state index contributed by atoms with van der Waals surface area (Å²) in [6, 6.07) is 2.63. The Balaban J connectivity index is 1.94. The number of rotatable bonds is 5. The smallest absolute Gasteiger partial charge is 0.416 e. The highest BCUT2D eigenvalue weighted by Crippen LogP contribution is 2.38. The molecular formula is C17H16ClF3N4O3. The Morgan fingerprint density at radius 3 is 2.57 bits per heavy atom. The standard InChI is InChI=1S/C17H16ClF3N4O3/c18-12-7-6-10(17(19,20)21)8-13(12)24-15-14(25(26)27)16(23-9-22-15)28-11-4-2-1-3-5-11/h6-9,11H,1-5H2,(H,22,23,24). The van der Waals surface area contributed by atoms with Crippen LogP contribution < -0.4 is 10.1 Å². The van der Waals surface area contributed by atoms with Crippen LogP contribution in [0.5, 0.6) is 5.88 Å². The minimum Gasteiger partial charge on any atom is -0.469 e. The highest BCUT2D eigenvalue weighted by molar-refractivity contribution is 6.33. The number of nitrogens with zero attached hydrogens (tertiary/aromatic N) is 3. The van der Waals surface area contributed by atoms with Gasteiger partial charge in [0.2, 0.25) is 5.82 Å². The summed E-state index contributed by atoms with van der Waals surface area (Å²) in [5, 5.41) is 14.0. The minimum atomic E-state index is -4.59. The van der Waals surface area contributed by atoms with E-state index >= 15 is 0 Å². The topological polar surface area (TPSA) is 90.2 Å². The molecule has 1 aliphatic carbocycles. The van der Waals surface area contributed by atoms with E-state index < -0.39 is 22.4 Å². The van der Waals surface area contributed by atoms with E-state index in [2.05, 4.69) is 15.3 Å². The van der Waals surface area contributed by atoms with Gasteiger partial charge in [0.15, 0.2) is 0 Å². The van der Waals surface area contributed by atoms with Gasteiger partial charge in [0.25, 0.3) is 5.88 Å². The Kier molecular flexibility index (Phi) is 5.87. The third kappa shape index (κ3) is 4.61. The van der Waals surface area contributed by atoms with Gasteiger partial charge in [-0.3, -0.25) is 10.1 Å². The molecule has 0 saturated heterocycles. The van der Waals surface area contributed by atoms with Crippen molar-refractivity contribution in [2.75, 3.05) is 5.32 Å². The number of benzene rings is 1. The third-order valence-electron chi connectivity index (χ3n) is 4.35. The maximum atomic E-state index is 12.9. The van der Waals surface area contributed by atoms with Crippen LogP contribution in [0.3, 0.4) is 0 Å². The van der Waals surface area contributed by atoms with Crippen molar-refractivity contribution >= 4 is 28.8 Å². The molecule has 1 saturated carbocycles. The van der Waals surface area contributed by atoms with Gasteiger partial charge < -0.3 is 10.1 Å². The van der Waals surface area contributed by atoms with Crippen molar-refractivity contribution in [3.05, 3.63) is 45.2 Å². The van der Waals surface area contributed by atoms with Gasteiger partial charge in [-0.2, -0.15) is 18.2 Å². The molecule has 1 fully saturated rings. The zero-order valence-corrected chi connectivity index (χ0v) is 15.3. The van der Waals surface area contributed by atoms with Crippen molar-refractivity contribution in [2.45, 2.75) is 44.4 Å². The van der Waals surface area contributed by atoms with E-state index in [0.717, 1.165) is 56.6 Å². The molecule has 7 nitrogen and oxygen atoms in total. The minimum absolute atomic E-state index is 0.0457. The lowest BCUT2D eigenvalue weighted by molar-refractivity contribution is -0.385. The molecular weight excluding hydrogens is 401 g/mol. The Morgan fingerprint density at radius 1 is 1.21 bits per heavy atom. The van der Waals surface area contributed by atoms with Gasteiger partial charge in [-0.1, -0.05) is 18.0 Å². The van der Waals surface area contributed by atoms with Crippen LogP contribution in [0.25, 0.3) is 0 Å². The number of ether oxygens (including phenoxy) is 1. The van der Waals surface area contributed by atoms with Crippen LogP contribution in [0.4, 0.5) is 30.4 Å². The number of nitro groups is 1. The fourth-order valence-corrected chi connectivity index (χ4v) is 3.14. The highest BCUT2D eigenvalue weighted by Gasteiger charge is 2.32. The molecule has 1 aliphatic rings. The molecule has 150 valence electrons. The number of alkyl halides is 3. The first-order chi connectivity index (χ1) is 13.3. The lowest BCUT2D eigenvalue weighted by atomic mass is 9.98. The summed E-state index contributed by atoms with van der Waals surface area (Å²) in [6.07, 6.45) is 0.748. The fraction of sp³-hybridized carbons (Fsp3) is 0.412. The summed E-state index contributed by atoms with van der Waals surface area (Å²) in [5.74, 6) is -0.524. The second-order valence-corrected chi connectivity index (χ2v) is 6.74. The molecule has 0 bridgehead atoms. The number of hydrogen-bond acceptors (Lipinski definition) is 6. The van der Waals surface area contributed by atoms with Crippen LogP contribution >= 0.6 is 11.6 Å². The van der Waals surface area contributed by atoms with Crippen molar-refractivity contribution in [2.24, 2.45) is 0 Å². The summed E-state index contributed by atoms with van der Waals surface area (Å²) >= 11 is 5.95. The molecule has 0 radical (unpaired) electrons. The molecule has 0 unspecified atom stereocenters. The molecule has 1 heterocycles. The molecule has 2 aromatic rings. The zero-order chi connectivity index (χ0) is 20.3. The average molecular weight is 417 g/mol. The van der Waals surface area contributed by atoms with Gasteiger partial charge in [0, 0.05) is 0 Å². The van der Waals surface area contributed by atoms with E-state index in [1.807, 2.05) is 0 Å². The van der Waals surface area contributed by atoms with Gasteiger partial charge in [-0.25, -0.2) is 4.98 Å². The normalized spacial score (nSPS) is 15.3. The van der Waals surface area contributed by atoms with Crippen LogP contribution in [0, 0.1) is 10.1 Å². The highest BCUT2D eigenvalue weighted by atomic mass is 35.5. The Labute approximate surface area is 163 Å². The van der Waals surface area contributed by atoms with Crippen LogP contribution in [-0.4, -0.2) is 21.0 Å². The van der Waals surface area contributed by atoms with Gasteiger partial charge in [-0.05, 0) is 43.9 Å². The van der Waals surface area contributed by atoms with Gasteiger partial charge in [0.05, 0.1) is 21.2 Å². The van der Waals surface area contributed by atoms with Gasteiger partial charge >= 0.3 is 11.9 Å². The van der Waals surface area contributed by atoms with E-state index in [1.165, 1.54) is 0 Å². The first-order valence-electron chi connectivity index (χ1n) is 8.55. The predicted molar refractivity (Wildman–Crippen MR) is 95.9 cm³/mol. The third-order valence-corrected chi connectivity index (χ3v) is 4.68. The van der Waals surface area contributed by atoms with Crippen LogP contribution in [0.15, 0.2) is 24.5 Å². The van der Waals surface area contributed by atoms with Crippen LogP contribution in [0.2, 0.25) is 5.02 Å². The quantitative estimate of drug-likeness (QED) is 0.510. The maximum Gasteiger partial charge on any atom is 0.416 e. The summed E-state index contributed by atoms with van der Waals surface area (Å²) < 4.78 is 44.5. The summed E-state index contributed by atoms with van der Waals surface area (Å²) in [6.45, 7) is 0. The number of anilines is 2. The summed E-state index contributed by atoms with van der Waals surface area (Å²) in [7, 11) is 0. The molecule has 0 atom stereocenters. The molecule has 0 spiro atoms. The second kappa shape index (κ2) is 8.17. The molecule has 11 heteroatoms. The Hall–Kier alpha value is -2.62. The van der Waals surface area contributed by atoms with Crippen molar-refractivity contribution in [1.82, 2.24) is 9.97 Å². The molecule has 28 heavy (non-hydrogen) atoms. The largest absolute Gasteiger partial charge is 0.469 e. The van der Waals surface area contributed by atoms with E-state index in [1.54, 1.807) is 0 Å². The molecule has 1 N–H and O–H groups in total. The number of halogens is 4. The molecule has 3 rings (SSSR count). The van der Waals surface area contributed by atoms with E-state index in [4.69, 9.17) is 16.3 Å². The van der Waals surface area contributed by atoms with Crippen molar-refractivity contribution in [3.8, 4) is 5.88 Å². The average Bonchev–Trinajstić information content (AvgIpc) is 2.63. The SMILES string of the molecule is O=[N+]([O-])c1c(Nc2cc(C(F)(F)F)ccc2Cl)ncnc1OC1CCCCC1. The second-order valence-electron chi connectivity index (χ2n) is 6.33.